The van der Waals surface area contributed by atoms with Crippen molar-refractivity contribution >= 4 is 29.7 Å². The zero-order valence-corrected chi connectivity index (χ0v) is 17.8. The van der Waals surface area contributed by atoms with Crippen molar-refractivity contribution in [2.24, 2.45) is 17.8 Å². The van der Waals surface area contributed by atoms with E-state index in [-0.39, 0.29) is 0 Å². The summed E-state index contributed by atoms with van der Waals surface area (Å²) in [6.07, 6.45) is 8.40. The standard InChI is InChI=1S/C17H37O2PS2/c1-6-9-10-16(7-2)13-18-20(21,22)19-14-17(8-3)12-11-15(4)5/h15-17H,6-14H2,1-5H3,(H,21,22). The third-order valence-corrected chi connectivity index (χ3v) is 6.50. The Kier molecular flexibility index (Phi) is 13.8. The van der Waals surface area contributed by atoms with Crippen molar-refractivity contribution in [3.63, 3.8) is 0 Å². The van der Waals surface area contributed by atoms with Gasteiger partial charge in [-0.05, 0) is 42.4 Å². The second-order valence-corrected chi connectivity index (χ2v) is 12.0. The van der Waals surface area contributed by atoms with E-state index in [1.165, 1.54) is 32.1 Å². The van der Waals surface area contributed by atoms with Gasteiger partial charge >= 0.3 is 0 Å². The highest BCUT2D eigenvalue weighted by Crippen LogP contribution is 2.54. The topological polar surface area (TPSA) is 18.5 Å². The minimum Gasteiger partial charge on any atom is -0.322 e. The molecule has 0 aromatic heterocycles. The molecule has 22 heavy (non-hydrogen) atoms. The van der Waals surface area contributed by atoms with E-state index in [0.29, 0.717) is 25.0 Å². The fourth-order valence-corrected chi connectivity index (χ4v) is 3.95. The van der Waals surface area contributed by atoms with Gasteiger partial charge in [0.2, 0.25) is 5.69 Å². The molecule has 134 valence electrons. The number of rotatable bonds is 14. The average molecular weight is 369 g/mol. The quantitative estimate of drug-likeness (QED) is 0.267. The highest BCUT2D eigenvalue weighted by molar-refractivity contribution is 8.60. The zero-order valence-electron chi connectivity index (χ0n) is 15.2. The lowest BCUT2D eigenvalue weighted by atomic mass is 9.97. The van der Waals surface area contributed by atoms with Crippen LogP contribution in [0.5, 0.6) is 0 Å². The van der Waals surface area contributed by atoms with Crippen LogP contribution in [-0.4, -0.2) is 13.2 Å². The van der Waals surface area contributed by atoms with E-state index in [0.717, 1.165) is 18.8 Å². The molecule has 0 spiro atoms. The molecule has 0 heterocycles. The Hall–Kier alpha value is 0.920. The summed E-state index contributed by atoms with van der Waals surface area (Å²) in [5.74, 6) is 1.90. The van der Waals surface area contributed by atoms with Crippen molar-refractivity contribution in [1.82, 2.24) is 0 Å². The van der Waals surface area contributed by atoms with Gasteiger partial charge in [-0.2, -0.15) is 0 Å². The molecule has 0 rings (SSSR count). The van der Waals surface area contributed by atoms with Gasteiger partial charge in [0.25, 0.3) is 0 Å². The van der Waals surface area contributed by atoms with Crippen molar-refractivity contribution in [3.05, 3.63) is 0 Å². The van der Waals surface area contributed by atoms with Crippen LogP contribution < -0.4 is 0 Å². The first-order chi connectivity index (χ1) is 10.3. The van der Waals surface area contributed by atoms with Crippen molar-refractivity contribution in [2.45, 2.75) is 79.6 Å². The number of hydrogen-bond donors (Lipinski definition) is 1. The fourth-order valence-electron chi connectivity index (χ4n) is 2.31. The largest absolute Gasteiger partial charge is 0.322 e. The predicted octanol–water partition coefficient (Wildman–Crippen LogP) is 6.85. The molecule has 0 aliphatic carbocycles. The van der Waals surface area contributed by atoms with Crippen molar-refractivity contribution in [3.8, 4) is 0 Å². The smallest absolute Gasteiger partial charge is 0.244 e. The van der Waals surface area contributed by atoms with Gasteiger partial charge in [0.1, 0.15) is 0 Å². The fraction of sp³-hybridized carbons (Fsp3) is 1.00. The number of hydrogen-bond acceptors (Lipinski definition) is 3. The van der Waals surface area contributed by atoms with E-state index in [9.17, 15) is 0 Å². The summed E-state index contributed by atoms with van der Waals surface area (Å²) < 4.78 is 11.8. The number of unbranched alkanes of at least 4 members (excludes halogenated alkanes) is 1. The summed E-state index contributed by atoms with van der Waals surface area (Å²) in [5, 5.41) is 0. The van der Waals surface area contributed by atoms with E-state index in [1.807, 2.05) is 0 Å². The van der Waals surface area contributed by atoms with Gasteiger partial charge < -0.3 is 9.05 Å². The normalized spacial score (nSPS) is 17.4. The van der Waals surface area contributed by atoms with Crippen LogP contribution in [0.15, 0.2) is 0 Å². The Bertz CT molecular complexity index is 311. The molecule has 0 fully saturated rings. The lowest BCUT2D eigenvalue weighted by Crippen LogP contribution is -2.11. The van der Waals surface area contributed by atoms with Crippen LogP contribution in [0.2, 0.25) is 0 Å². The molecule has 5 heteroatoms. The summed E-state index contributed by atoms with van der Waals surface area (Å²) in [5.41, 5.74) is -2.38. The SMILES string of the molecule is CCCCC(CC)COP(=S)(S)OCC(CC)CCC(C)C. The van der Waals surface area contributed by atoms with Gasteiger partial charge in [0.05, 0.1) is 13.2 Å². The number of thiol groups is 1. The second kappa shape index (κ2) is 13.2. The molecule has 0 aliphatic rings. The van der Waals surface area contributed by atoms with Gasteiger partial charge in [-0.1, -0.05) is 79.0 Å². The Morgan fingerprint density at radius 3 is 1.82 bits per heavy atom. The Morgan fingerprint density at radius 2 is 1.41 bits per heavy atom. The van der Waals surface area contributed by atoms with Gasteiger partial charge in [-0.25, -0.2) is 0 Å². The molecule has 0 amide bonds. The van der Waals surface area contributed by atoms with Crippen LogP contribution in [0.1, 0.15) is 79.6 Å². The second-order valence-electron chi connectivity index (χ2n) is 6.72. The lowest BCUT2D eigenvalue weighted by molar-refractivity contribution is 0.187. The van der Waals surface area contributed by atoms with E-state index in [4.69, 9.17) is 20.9 Å². The van der Waals surface area contributed by atoms with Crippen LogP contribution in [-0.2, 0) is 20.9 Å². The van der Waals surface area contributed by atoms with Crippen molar-refractivity contribution in [2.75, 3.05) is 13.2 Å². The Balaban J connectivity index is 4.12. The maximum atomic E-state index is 5.88. The molecule has 2 nitrogen and oxygen atoms in total. The third-order valence-electron chi connectivity index (χ3n) is 4.22. The van der Waals surface area contributed by atoms with E-state index in [1.54, 1.807) is 0 Å². The molecular weight excluding hydrogens is 331 g/mol. The Morgan fingerprint density at radius 1 is 0.909 bits per heavy atom. The molecule has 0 aromatic rings. The molecule has 0 aromatic carbocycles. The lowest BCUT2D eigenvalue weighted by Gasteiger charge is -2.23. The Labute approximate surface area is 149 Å². The van der Waals surface area contributed by atoms with Crippen LogP contribution in [0.4, 0.5) is 0 Å². The monoisotopic (exact) mass is 368 g/mol. The van der Waals surface area contributed by atoms with Crippen LogP contribution >= 0.6 is 17.9 Å². The summed E-state index contributed by atoms with van der Waals surface area (Å²) in [6.45, 7) is 12.6. The van der Waals surface area contributed by atoms with Gasteiger partial charge in [0.15, 0.2) is 0 Å². The maximum Gasteiger partial charge on any atom is 0.244 e. The summed E-state index contributed by atoms with van der Waals surface area (Å²) in [7, 11) is 0. The first kappa shape index (κ1) is 22.9. The van der Waals surface area contributed by atoms with E-state index >= 15 is 0 Å². The van der Waals surface area contributed by atoms with Crippen LogP contribution in [0.3, 0.4) is 0 Å². The molecule has 0 aliphatic heterocycles. The van der Waals surface area contributed by atoms with Gasteiger partial charge in [-0.15, -0.1) is 0 Å². The molecule has 3 atom stereocenters. The van der Waals surface area contributed by atoms with E-state index < -0.39 is 5.69 Å². The molecule has 0 saturated heterocycles. The first-order valence-corrected chi connectivity index (χ1v) is 12.7. The third kappa shape index (κ3) is 12.4. The average Bonchev–Trinajstić information content (AvgIpc) is 2.47. The highest BCUT2D eigenvalue weighted by Gasteiger charge is 2.18. The zero-order chi connectivity index (χ0) is 17.0. The van der Waals surface area contributed by atoms with Crippen molar-refractivity contribution < 1.29 is 9.05 Å². The minimum absolute atomic E-state index is 0.572. The maximum absolute atomic E-state index is 5.88. The van der Waals surface area contributed by atoms with Gasteiger partial charge in [-0.3, -0.25) is 0 Å². The van der Waals surface area contributed by atoms with Crippen LogP contribution in [0.25, 0.3) is 0 Å². The van der Waals surface area contributed by atoms with Crippen LogP contribution in [0, 0.1) is 17.8 Å². The summed E-state index contributed by atoms with van der Waals surface area (Å²) >= 11 is 9.95. The van der Waals surface area contributed by atoms with Gasteiger partial charge in [0, 0.05) is 0 Å². The van der Waals surface area contributed by atoms with Crippen molar-refractivity contribution in [1.29, 1.82) is 0 Å². The summed E-state index contributed by atoms with van der Waals surface area (Å²) in [4.78, 5) is 0. The molecular formula is C17H37O2PS2. The minimum atomic E-state index is -2.38. The molecule has 3 unspecified atom stereocenters. The highest BCUT2D eigenvalue weighted by atomic mass is 32.9. The van der Waals surface area contributed by atoms with E-state index in [2.05, 4.69) is 46.9 Å². The molecule has 0 saturated carbocycles. The predicted molar refractivity (Wildman–Crippen MR) is 106 cm³/mol. The molecule has 0 bridgehead atoms. The summed E-state index contributed by atoms with van der Waals surface area (Å²) in [6, 6.07) is 0. The molecule has 0 N–H and O–H groups in total. The molecule has 0 radical (unpaired) electrons. The first-order valence-electron chi connectivity index (χ1n) is 8.96.